The fourth-order valence-electron chi connectivity index (χ4n) is 1.60. The summed E-state index contributed by atoms with van der Waals surface area (Å²) in [5.74, 6) is 0. The van der Waals surface area contributed by atoms with E-state index >= 15 is 0 Å². The first kappa shape index (κ1) is 11.2. The topological polar surface area (TPSA) is 69.6 Å². The van der Waals surface area contributed by atoms with E-state index in [9.17, 15) is 0 Å². The van der Waals surface area contributed by atoms with Crippen molar-refractivity contribution in [3.05, 3.63) is 28.5 Å². The monoisotopic (exact) mass is 237 g/mol. The van der Waals surface area contributed by atoms with Gasteiger partial charge in [0.1, 0.15) is 0 Å². The third-order valence-corrected chi connectivity index (χ3v) is 3.36. The molecule has 0 aliphatic rings. The van der Waals surface area contributed by atoms with Gasteiger partial charge < -0.3 is 5.73 Å². The molecule has 6 heteroatoms. The first-order chi connectivity index (χ1) is 7.70. The van der Waals surface area contributed by atoms with E-state index in [0.29, 0.717) is 0 Å². The number of rotatable bonds is 4. The Labute approximate surface area is 98.4 Å². The van der Waals surface area contributed by atoms with Crippen molar-refractivity contribution in [1.82, 2.24) is 19.4 Å². The smallest absolute Gasteiger partial charge is 0.0669 e. The van der Waals surface area contributed by atoms with Crippen LogP contribution in [0, 0.1) is 0 Å². The van der Waals surface area contributed by atoms with E-state index in [2.05, 4.69) is 27.7 Å². The highest BCUT2D eigenvalue weighted by atomic mass is 32.1. The van der Waals surface area contributed by atoms with Crippen LogP contribution in [0.15, 0.2) is 12.3 Å². The van der Waals surface area contributed by atoms with Crippen molar-refractivity contribution in [2.75, 3.05) is 0 Å². The molecular formula is C10H15N5S. The fraction of sp³-hybridized carbons (Fsp3) is 0.500. The summed E-state index contributed by atoms with van der Waals surface area (Å²) in [6.07, 6.45) is 3.45. The fourth-order valence-corrected chi connectivity index (χ4v) is 2.10. The van der Waals surface area contributed by atoms with Crippen LogP contribution in [-0.2, 0) is 19.9 Å². The average Bonchev–Trinajstić information content (AvgIpc) is 2.88. The Morgan fingerprint density at radius 2 is 2.38 bits per heavy atom. The van der Waals surface area contributed by atoms with Gasteiger partial charge in [0, 0.05) is 25.2 Å². The first-order valence-corrected chi connectivity index (χ1v) is 6.02. The van der Waals surface area contributed by atoms with Crippen LogP contribution in [0.1, 0.15) is 29.2 Å². The van der Waals surface area contributed by atoms with Crippen molar-refractivity contribution < 1.29 is 0 Å². The molecule has 5 nitrogen and oxygen atoms in total. The SMILES string of the molecule is CCc1cc(CC(N)c2cnns2)n(C)n1. The molecule has 0 aliphatic carbocycles. The van der Waals surface area contributed by atoms with Crippen molar-refractivity contribution in [2.24, 2.45) is 12.8 Å². The summed E-state index contributed by atoms with van der Waals surface area (Å²) in [6, 6.07) is 2.06. The van der Waals surface area contributed by atoms with Gasteiger partial charge in [-0.15, -0.1) is 5.10 Å². The largest absolute Gasteiger partial charge is 0.323 e. The molecule has 2 rings (SSSR count). The lowest BCUT2D eigenvalue weighted by molar-refractivity contribution is 0.643. The van der Waals surface area contributed by atoms with Crippen LogP contribution >= 0.6 is 11.5 Å². The van der Waals surface area contributed by atoms with Crippen molar-refractivity contribution in [1.29, 1.82) is 0 Å². The molecular weight excluding hydrogens is 222 g/mol. The normalized spacial score (nSPS) is 12.9. The minimum absolute atomic E-state index is 0.0416. The Hall–Kier alpha value is -1.27. The molecule has 1 atom stereocenters. The molecule has 0 aliphatic heterocycles. The van der Waals surface area contributed by atoms with E-state index in [-0.39, 0.29) is 6.04 Å². The van der Waals surface area contributed by atoms with Crippen LogP contribution in [0.2, 0.25) is 0 Å². The van der Waals surface area contributed by atoms with Crippen LogP contribution < -0.4 is 5.73 Å². The molecule has 1 unspecified atom stereocenters. The molecule has 0 bridgehead atoms. The quantitative estimate of drug-likeness (QED) is 0.863. The number of hydrogen-bond acceptors (Lipinski definition) is 5. The minimum Gasteiger partial charge on any atom is -0.323 e. The molecule has 0 aromatic carbocycles. The molecule has 16 heavy (non-hydrogen) atoms. The standard InChI is InChI=1S/C10H15N5S/c1-3-7-4-8(15(2)13-7)5-9(11)10-6-12-14-16-10/h4,6,9H,3,5,11H2,1-2H3. The number of aryl methyl sites for hydroxylation is 2. The van der Waals surface area contributed by atoms with Gasteiger partial charge in [-0.1, -0.05) is 11.4 Å². The molecule has 0 spiro atoms. The van der Waals surface area contributed by atoms with Crippen LogP contribution in [0.4, 0.5) is 0 Å². The van der Waals surface area contributed by atoms with Gasteiger partial charge in [0.2, 0.25) is 0 Å². The van der Waals surface area contributed by atoms with Crippen molar-refractivity contribution >= 4 is 11.5 Å². The van der Waals surface area contributed by atoms with E-state index in [1.807, 2.05) is 11.7 Å². The Bertz CT molecular complexity index is 448. The zero-order valence-corrected chi connectivity index (χ0v) is 10.2. The van der Waals surface area contributed by atoms with Gasteiger partial charge in [-0.25, -0.2) is 0 Å². The van der Waals surface area contributed by atoms with Gasteiger partial charge in [0.25, 0.3) is 0 Å². The molecule has 2 heterocycles. The second-order valence-electron chi connectivity index (χ2n) is 3.73. The zero-order valence-electron chi connectivity index (χ0n) is 9.42. The molecule has 86 valence electrons. The zero-order chi connectivity index (χ0) is 11.5. The van der Waals surface area contributed by atoms with E-state index in [1.54, 1.807) is 6.20 Å². The van der Waals surface area contributed by atoms with Crippen molar-refractivity contribution in [3.8, 4) is 0 Å². The summed E-state index contributed by atoms with van der Waals surface area (Å²) in [6.45, 7) is 2.10. The summed E-state index contributed by atoms with van der Waals surface area (Å²) < 4.78 is 5.71. The molecule has 0 radical (unpaired) electrons. The molecule has 0 amide bonds. The Morgan fingerprint density at radius 3 is 2.94 bits per heavy atom. The Kier molecular flexibility index (Phi) is 3.31. The molecule has 0 fully saturated rings. The third kappa shape index (κ3) is 2.28. The summed E-state index contributed by atoms with van der Waals surface area (Å²) in [5, 5.41) is 8.19. The van der Waals surface area contributed by atoms with Gasteiger partial charge in [0.05, 0.1) is 16.8 Å². The predicted molar refractivity (Wildman–Crippen MR) is 63.1 cm³/mol. The summed E-state index contributed by atoms with van der Waals surface area (Å²) >= 11 is 1.35. The summed E-state index contributed by atoms with van der Waals surface area (Å²) in [7, 11) is 1.95. The Balaban J connectivity index is 2.11. The second kappa shape index (κ2) is 4.71. The van der Waals surface area contributed by atoms with Crippen molar-refractivity contribution in [3.63, 3.8) is 0 Å². The van der Waals surface area contributed by atoms with E-state index < -0.39 is 0 Å². The van der Waals surface area contributed by atoms with Crippen LogP contribution in [0.3, 0.4) is 0 Å². The molecule has 2 aromatic rings. The summed E-state index contributed by atoms with van der Waals surface area (Å²) in [5.41, 5.74) is 8.33. The van der Waals surface area contributed by atoms with Gasteiger partial charge in [-0.2, -0.15) is 5.10 Å². The molecule has 2 aromatic heterocycles. The lowest BCUT2D eigenvalue weighted by Gasteiger charge is -2.07. The third-order valence-electron chi connectivity index (χ3n) is 2.56. The van der Waals surface area contributed by atoms with Crippen LogP contribution in [-0.4, -0.2) is 19.4 Å². The molecule has 0 saturated carbocycles. The van der Waals surface area contributed by atoms with Gasteiger partial charge in [-0.05, 0) is 24.0 Å². The van der Waals surface area contributed by atoms with E-state index in [4.69, 9.17) is 5.73 Å². The maximum absolute atomic E-state index is 6.08. The number of hydrogen-bond donors (Lipinski definition) is 1. The predicted octanol–water partition coefficient (Wildman–Crippen LogP) is 1.08. The van der Waals surface area contributed by atoms with Crippen molar-refractivity contribution in [2.45, 2.75) is 25.8 Å². The lowest BCUT2D eigenvalue weighted by atomic mass is 10.1. The lowest BCUT2D eigenvalue weighted by Crippen LogP contribution is -2.14. The Morgan fingerprint density at radius 1 is 1.56 bits per heavy atom. The maximum Gasteiger partial charge on any atom is 0.0669 e. The number of nitrogens with two attached hydrogens (primary N) is 1. The number of nitrogens with zero attached hydrogens (tertiary/aromatic N) is 4. The minimum atomic E-state index is -0.0416. The second-order valence-corrected chi connectivity index (χ2v) is 4.55. The highest BCUT2D eigenvalue weighted by Gasteiger charge is 2.12. The average molecular weight is 237 g/mol. The summed E-state index contributed by atoms with van der Waals surface area (Å²) in [4.78, 5) is 1.01. The van der Waals surface area contributed by atoms with Gasteiger partial charge in [0.15, 0.2) is 0 Å². The van der Waals surface area contributed by atoms with E-state index in [0.717, 1.165) is 29.1 Å². The highest BCUT2D eigenvalue weighted by Crippen LogP contribution is 2.18. The highest BCUT2D eigenvalue weighted by molar-refractivity contribution is 7.05. The first-order valence-electron chi connectivity index (χ1n) is 5.25. The molecule has 0 saturated heterocycles. The maximum atomic E-state index is 6.08. The van der Waals surface area contributed by atoms with Crippen LogP contribution in [0.25, 0.3) is 0 Å². The van der Waals surface area contributed by atoms with Crippen LogP contribution in [0.5, 0.6) is 0 Å². The molecule has 2 N–H and O–H groups in total. The van der Waals surface area contributed by atoms with Gasteiger partial charge in [-0.3, -0.25) is 4.68 Å². The number of aromatic nitrogens is 4. The van der Waals surface area contributed by atoms with Gasteiger partial charge >= 0.3 is 0 Å². The van der Waals surface area contributed by atoms with E-state index in [1.165, 1.54) is 11.5 Å².